The number of aliphatic carboxylic acids is 2. The Morgan fingerprint density at radius 1 is 0.276 bits per heavy atom. The Morgan fingerprint density at radius 3 is 0.771 bits per heavy atom. The third kappa shape index (κ3) is 28.4. The first-order valence-corrected chi connectivity index (χ1v) is 40.3. The summed E-state index contributed by atoms with van der Waals surface area (Å²) in [5, 5.41) is 21.4. The molecular formula is C36H58O59S10. The highest BCUT2D eigenvalue weighted by atomic mass is 32.3. The minimum Gasteiger partial charge on any atom is -0.479 e. The minimum atomic E-state index is -6.51. The number of carboxylic acid groups (broad SMARTS) is 2. The molecule has 0 aliphatic carbocycles. The highest BCUT2D eigenvalue weighted by Gasteiger charge is 2.64. The summed E-state index contributed by atoms with van der Waals surface area (Å²) >= 11 is 0. The molecule has 0 unspecified atom stereocenters. The summed E-state index contributed by atoms with van der Waals surface area (Å²) < 4.78 is 463. The lowest BCUT2D eigenvalue weighted by Crippen LogP contribution is -2.70. The second-order valence-electron chi connectivity index (χ2n) is 20.5. The lowest BCUT2D eigenvalue weighted by Gasteiger charge is -2.51. The van der Waals surface area contributed by atoms with Crippen LogP contribution in [-0.4, -0.2) is 360 Å². The van der Waals surface area contributed by atoms with E-state index >= 15 is 0 Å². The van der Waals surface area contributed by atoms with Gasteiger partial charge < -0.3 is 76.5 Å². The number of methoxy groups -OCH3 is 4. The van der Waals surface area contributed by atoms with Crippen molar-refractivity contribution in [2.24, 2.45) is 0 Å². The Hall–Kier alpha value is -3.41. The lowest BCUT2D eigenvalue weighted by atomic mass is 9.95. The number of esters is 1. The Bertz CT molecular complexity index is 4230. The molecular weight excluding hydrogens is 1700 g/mol. The molecule has 0 amide bonds. The first-order chi connectivity index (χ1) is 47.5. The molecule has 5 fully saturated rings. The van der Waals surface area contributed by atoms with Gasteiger partial charge in [-0.2, -0.15) is 84.2 Å². The number of hydrogen-bond donors (Lipinski definition) is 12. The van der Waals surface area contributed by atoms with E-state index in [2.05, 4.69) is 41.8 Å². The van der Waals surface area contributed by atoms with Crippen LogP contribution in [0, 0.1) is 0 Å². The maximum Gasteiger partial charge on any atom is 0.397 e. The molecule has 0 aromatic heterocycles. The summed E-state index contributed by atoms with van der Waals surface area (Å²) in [6.07, 6.45) is -75.0. The molecule has 5 aliphatic heterocycles. The van der Waals surface area contributed by atoms with E-state index in [-0.39, 0.29) is 0 Å². The Balaban J connectivity index is 1.74. The van der Waals surface area contributed by atoms with E-state index in [1.807, 2.05) is 0 Å². The number of hydrogen-bond acceptors (Lipinski definition) is 47. The first kappa shape index (κ1) is 92.2. The molecule has 5 saturated heterocycles. The Morgan fingerprint density at radius 2 is 0.505 bits per heavy atom. The molecule has 59 nitrogen and oxygen atoms in total. The average Bonchev–Trinajstić information content (AvgIpc) is 0.759. The van der Waals surface area contributed by atoms with Crippen LogP contribution in [0.4, 0.5) is 0 Å². The number of carbonyl (C=O) groups is 3. The van der Waals surface area contributed by atoms with Crippen molar-refractivity contribution in [3.63, 3.8) is 0 Å². The Labute approximate surface area is 590 Å². The average molecular weight is 1760 g/mol. The van der Waals surface area contributed by atoms with Gasteiger partial charge in [0.25, 0.3) is 0 Å². The van der Waals surface area contributed by atoms with Crippen molar-refractivity contribution in [1.82, 2.24) is 0 Å². The predicted molar refractivity (Wildman–Crippen MR) is 300 cm³/mol. The van der Waals surface area contributed by atoms with E-state index in [0.29, 0.717) is 35.4 Å². The van der Waals surface area contributed by atoms with Gasteiger partial charge in [0, 0.05) is 35.4 Å². The van der Waals surface area contributed by atoms with Crippen LogP contribution in [-0.2, 0) is 227 Å². The van der Waals surface area contributed by atoms with Crippen molar-refractivity contribution < 1.29 is 262 Å². The molecule has 616 valence electrons. The SMILES string of the molecule is CO[C@H]1O[C@H](COS(=O)(=O)O)[C@@H](O[C@@H]2O[C@@H](C(=O)O)[C@@H](O[C@H]3O[C@H](COS(=O)(=O)O)[C@@H](O[C@@H]4O[C@H](C(=O)O)[C@@H](O[C@H]5O[C@H](COS(=O)(=O)O)[C@@H](OC)[C@H](OS(=O)(=O)O)[C@H]5OS(=O)(=O)O)[C@H](OC)[C@H]4OC(C)=O)[C@H](OS(=O)(=O)O)[C@H]3OS(=O)(=O)O)[C@H](OC)[C@H]2OS(=O)(=O)O)[C@H](OS(=O)(=O)O)[C@H]1OS(=O)(=O)O. The number of ether oxygens (including phenoxy) is 14. The highest BCUT2D eigenvalue weighted by molar-refractivity contribution is 7.83. The topological polar surface area (TPSA) is 857 Å². The van der Waals surface area contributed by atoms with Gasteiger partial charge in [0.1, 0.15) is 79.4 Å². The van der Waals surface area contributed by atoms with Crippen LogP contribution >= 0.6 is 0 Å². The van der Waals surface area contributed by atoms with Crippen molar-refractivity contribution >= 4 is 122 Å². The smallest absolute Gasteiger partial charge is 0.397 e. The molecule has 105 heavy (non-hydrogen) atoms. The fourth-order valence-electron chi connectivity index (χ4n) is 10.3. The van der Waals surface area contributed by atoms with Gasteiger partial charge in [-0.25, -0.2) is 51.4 Å². The van der Waals surface area contributed by atoms with E-state index in [0.717, 1.165) is 0 Å². The standard InChI is InChI=1S/C36H58O59S10/c1-9(37)79-25-16(73-3)18(85-34-28(94-104(66,67)68)20(89-99(51,52)53)13(72-2)10(81-34)6-76-96(42,43)44)23(30(38)39)87-33(25)83-15-12(8-78-98(48,49)50)82-35(29(95-105(69,70)71)22(15)91-101(57,58)59)86-19-17(74-4)26(92-102(60,61)62)36(88-24(19)31(40)41)84-14-11(7-77-97(45,46)47)80-32(75-5)27(93-103(63,64)65)21(14)90-100(54,55)56/h10-29,32-36H,6-8H2,1-5H3,(H,38,39)(H,40,41)(H,42,43,44)(H,45,46,47)(H,48,49,50)(H,51,52,53)(H,54,55,56)(H,57,58,59)(H,60,61,62)(H,63,64,65)(H,66,67,68)(H,69,70,71)/t10-,11-,12-,13-,14-,15-,16+,17+,18+,19+,20+,21+,22+,23+,24-,25-,26-,27-,28-,29-,32+,33-,34-,35-,36-/m1/s1. The molecule has 5 heterocycles. The highest BCUT2D eigenvalue weighted by Crippen LogP contribution is 2.42. The van der Waals surface area contributed by atoms with Crippen molar-refractivity contribution in [2.45, 2.75) is 160 Å². The van der Waals surface area contributed by atoms with E-state index in [9.17, 15) is 154 Å². The van der Waals surface area contributed by atoms with Gasteiger partial charge in [0.05, 0.1) is 19.8 Å². The fraction of sp³-hybridized carbons (Fsp3) is 0.917. The monoisotopic (exact) mass is 1750 g/mol. The normalized spacial score (nSPS) is 35.3. The van der Waals surface area contributed by atoms with E-state index in [1.54, 1.807) is 0 Å². The molecule has 0 bridgehead atoms. The molecule has 12 N–H and O–H groups in total. The van der Waals surface area contributed by atoms with E-state index < -0.39 is 295 Å². The third-order valence-corrected chi connectivity index (χ3v) is 18.1. The largest absolute Gasteiger partial charge is 0.479 e. The molecule has 0 radical (unpaired) electrons. The lowest BCUT2D eigenvalue weighted by molar-refractivity contribution is -0.384. The van der Waals surface area contributed by atoms with Crippen LogP contribution in [0.3, 0.4) is 0 Å². The van der Waals surface area contributed by atoms with Crippen LogP contribution in [0.1, 0.15) is 6.92 Å². The maximum atomic E-state index is 13.4. The van der Waals surface area contributed by atoms with Crippen molar-refractivity contribution in [2.75, 3.05) is 48.3 Å². The zero-order chi connectivity index (χ0) is 80.3. The van der Waals surface area contributed by atoms with Crippen molar-refractivity contribution in [3.8, 4) is 0 Å². The molecule has 0 spiro atoms. The second-order valence-corrected chi connectivity index (χ2v) is 31.1. The molecule has 5 rings (SSSR count). The zero-order valence-electron chi connectivity index (χ0n) is 51.7. The summed E-state index contributed by atoms with van der Waals surface area (Å²) in [6, 6.07) is 0. The molecule has 0 aromatic rings. The minimum absolute atomic E-state index is 0.374. The van der Waals surface area contributed by atoms with Gasteiger partial charge in [-0.15, -0.1) is 0 Å². The summed E-state index contributed by atoms with van der Waals surface area (Å²) in [7, 11) is -58.8. The summed E-state index contributed by atoms with van der Waals surface area (Å²) in [4.78, 5) is 39.7. The van der Waals surface area contributed by atoms with Crippen LogP contribution in [0.5, 0.6) is 0 Å². The van der Waals surface area contributed by atoms with Crippen LogP contribution in [0.15, 0.2) is 0 Å². The van der Waals surface area contributed by atoms with Gasteiger partial charge in [-0.1, -0.05) is 0 Å². The number of rotatable bonds is 38. The number of carbonyl (C=O) groups excluding carboxylic acids is 1. The first-order valence-electron chi connectivity index (χ1n) is 26.6. The van der Waals surface area contributed by atoms with Gasteiger partial charge in [-0.3, -0.25) is 50.3 Å². The molecule has 0 aromatic carbocycles. The summed E-state index contributed by atoms with van der Waals surface area (Å²) in [5.41, 5.74) is 0. The zero-order valence-corrected chi connectivity index (χ0v) is 59.9. The van der Waals surface area contributed by atoms with Crippen LogP contribution < -0.4 is 0 Å². The number of carboxylic acids is 2. The maximum absolute atomic E-state index is 13.4. The van der Waals surface area contributed by atoms with Crippen LogP contribution in [0.2, 0.25) is 0 Å². The predicted octanol–water partition coefficient (Wildman–Crippen LogP) is -10.3. The molecule has 25 atom stereocenters. The van der Waals surface area contributed by atoms with Crippen molar-refractivity contribution in [3.05, 3.63) is 0 Å². The second kappa shape index (κ2) is 35.5. The fourth-order valence-corrected chi connectivity index (χ4v) is 14.6. The molecule has 69 heteroatoms. The quantitative estimate of drug-likeness (QED) is 0.0202. The summed E-state index contributed by atoms with van der Waals surface area (Å²) in [6.45, 7) is -4.99. The van der Waals surface area contributed by atoms with Crippen molar-refractivity contribution in [1.29, 1.82) is 0 Å². The van der Waals surface area contributed by atoms with Crippen LogP contribution in [0.25, 0.3) is 0 Å². The van der Waals surface area contributed by atoms with Gasteiger partial charge >= 0.3 is 122 Å². The third-order valence-electron chi connectivity index (χ3n) is 13.5. The Kier molecular flexibility index (Phi) is 31.2. The van der Waals surface area contributed by atoms with Gasteiger partial charge in [-0.05, 0) is 0 Å². The van der Waals surface area contributed by atoms with Gasteiger partial charge in [0.2, 0.25) is 0 Å². The van der Waals surface area contributed by atoms with E-state index in [4.69, 9.17) is 66.3 Å². The van der Waals surface area contributed by atoms with Gasteiger partial charge in [0.15, 0.2) is 74.2 Å². The summed E-state index contributed by atoms with van der Waals surface area (Å²) in [5.74, 6) is -6.66. The molecule has 5 aliphatic rings. The van der Waals surface area contributed by atoms with E-state index in [1.165, 1.54) is 0 Å². The molecule has 0 saturated carbocycles.